The molecule has 35 heavy (non-hydrogen) atoms. The third kappa shape index (κ3) is 8.25. The zero-order valence-electron chi connectivity index (χ0n) is 20.4. The Balaban J connectivity index is 1.83. The number of rotatable bonds is 12. The van der Waals surface area contributed by atoms with Crippen molar-refractivity contribution in [2.45, 2.75) is 45.0 Å². The molecule has 3 rings (SSSR count). The van der Waals surface area contributed by atoms with E-state index in [-0.39, 0.29) is 23.4 Å². The van der Waals surface area contributed by atoms with Crippen LogP contribution in [0.1, 0.15) is 35.6 Å². The van der Waals surface area contributed by atoms with Crippen LogP contribution in [0.3, 0.4) is 0 Å². The molecule has 0 spiro atoms. The van der Waals surface area contributed by atoms with E-state index in [9.17, 15) is 14.0 Å². The van der Waals surface area contributed by atoms with Crippen LogP contribution in [0.15, 0.2) is 78.9 Å². The van der Waals surface area contributed by atoms with E-state index in [0.717, 1.165) is 28.7 Å². The fourth-order valence-electron chi connectivity index (χ4n) is 3.81. The Morgan fingerprint density at radius 1 is 0.943 bits per heavy atom. The highest BCUT2D eigenvalue weighted by Gasteiger charge is 2.30. The highest BCUT2D eigenvalue weighted by atomic mass is 32.2. The summed E-state index contributed by atoms with van der Waals surface area (Å²) in [5.74, 6) is 0.320. The van der Waals surface area contributed by atoms with Crippen LogP contribution in [-0.4, -0.2) is 35.1 Å². The van der Waals surface area contributed by atoms with Crippen LogP contribution in [0.4, 0.5) is 4.39 Å². The molecule has 3 aromatic carbocycles. The lowest BCUT2D eigenvalue weighted by atomic mass is 10.0. The quantitative estimate of drug-likeness (QED) is 0.362. The Hall–Kier alpha value is -3.12. The first-order valence-electron chi connectivity index (χ1n) is 12.0. The van der Waals surface area contributed by atoms with Crippen molar-refractivity contribution in [1.29, 1.82) is 0 Å². The Bertz CT molecular complexity index is 1090. The molecule has 1 atom stereocenters. The SMILES string of the molecule is CCCNC(=O)[C@@H](Cc1ccccc1)N(Cc1ccccc1C)C(=O)CSCc1ccc(F)cc1. The maximum Gasteiger partial charge on any atom is 0.243 e. The van der Waals surface area contributed by atoms with Gasteiger partial charge < -0.3 is 10.2 Å². The van der Waals surface area contributed by atoms with Crippen molar-refractivity contribution < 1.29 is 14.0 Å². The zero-order chi connectivity index (χ0) is 25.0. The molecule has 0 aliphatic carbocycles. The number of amides is 2. The fourth-order valence-corrected chi connectivity index (χ4v) is 4.68. The first kappa shape index (κ1) is 26.5. The van der Waals surface area contributed by atoms with Gasteiger partial charge in [0.15, 0.2) is 0 Å². The van der Waals surface area contributed by atoms with Gasteiger partial charge in [-0.2, -0.15) is 0 Å². The van der Waals surface area contributed by atoms with Gasteiger partial charge in [0.1, 0.15) is 11.9 Å². The summed E-state index contributed by atoms with van der Waals surface area (Å²) in [6, 6.07) is 23.5. The molecule has 0 fully saturated rings. The third-order valence-corrected chi connectivity index (χ3v) is 6.82. The minimum Gasteiger partial charge on any atom is -0.354 e. The molecule has 0 aliphatic rings. The van der Waals surface area contributed by atoms with Crippen molar-refractivity contribution >= 4 is 23.6 Å². The second-order valence-electron chi connectivity index (χ2n) is 8.56. The van der Waals surface area contributed by atoms with Gasteiger partial charge in [-0.05, 0) is 47.7 Å². The van der Waals surface area contributed by atoms with E-state index >= 15 is 0 Å². The average Bonchev–Trinajstić information content (AvgIpc) is 2.87. The van der Waals surface area contributed by atoms with Crippen molar-refractivity contribution in [3.8, 4) is 0 Å². The molecule has 0 aliphatic heterocycles. The highest BCUT2D eigenvalue weighted by Crippen LogP contribution is 2.20. The normalized spacial score (nSPS) is 11.6. The lowest BCUT2D eigenvalue weighted by Crippen LogP contribution is -2.51. The number of hydrogen-bond acceptors (Lipinski definition) is 3. The summed E-state index contributed by atoms with van der Waals surface area (Å²) in [6.07, 6.45) is 1.26. The van der Waals surface area contributed by atoms with E-state index in [0.29, 0.717) is 25.3 Å². The summed E-state index contributed by atoms with van der Waals surface area (Å²) in [4.78, 5) is 28.6. The standard InChI is InChI=1S/C29H33FN2O2S/c1-3-17-31-29(34)27(18-23-10-5-4-6-11-23)32(19-25-12-8-7-9-22(25)2)28(33)21-35-20-24-13-15-26(30)16-14-24/h4-16,27H,3,17-21H2,1-2H3,(H,31,34)/t27-/m1/s1. The molecule has 184 valence electrons. The molecule has 0 radical (unpaired) electrons. The monoisotopic (exact) mass is 492 g/mol. The topological polar surface area (TPSA) is 49.4 Å². The van der Waals surface area contributed by atoms with Crippen LogP contribution in [0.2, 0.25) is 0 Å². The minimum absolute atomic E-state index is 0.0899. The number of thioether (sulfide) groups is 1. The summed E-state index contributed by atoms with van der Waals surface area (Å²) in [6.45, 7) is 4.95. The molecule has 0 heterocycles. The predicted molar refractivity (Wildman–Crippen MR) is 142 cm³/mol. The maximum absolute atomic E-state index is 13.6. The van der Waals surface area contributed by atoms with Crippen LogP contribution in [0, 0.1) is 12.7 Å². The van der Waals surface area contributed by atoms with Crippen molar-refractivity contribution in [2.75, 3.05) is 12.3 Å². The largest absolute Gasteiger partial charge is 0.354 e. The first-order chi connectivity index (χ1) is 17.0. The fraction of sp³-hybridized carbons (Fsp3) is 0.310. The van der Waals surface area contributed by atoms with Gasteiger partial charge in [-0.1, -0.05) is 73.7 Å². The van der Waals surface area contributed by atoms with Gasteiger partial charge in [-0.3, -0.25) is 9.59 Å². The molecule has 3 aromatic rings. The van der Waals surface area contributed by atoms with Gasteiger partial charge in [-0.25, -0.2) is 4.39 Å². The Morgan fingerprint density at radius 2 is 1.63 bits per heavy atom. The molecule has 0 aromatic heterocycles. The van der Waals surface area contributed by atoms with Crippen LogP contribution in [0.5, 0.6) is 0 Å². The zero-order valence-corrected chi connectivity index (χ0v) is 21.2. The Labute approximate surface area is 211 Å². The molecular formula is C29H33FN2O2S. The Kier molecular flexibility index (Phi) is 10.4. The molecule has 0 unspecified atom stereocenters. The van der Waals surface area contributed by atoms with Gasteiger partial charge in [-0.15, -0.1) is 11.8 Å². The molecule has 0 saturated carbocycles. The molecule has 0 saturated heterocycles. The minimum atomic E-state index is -0.623. The van der Waals surface area contributed by atoms with Gasteiger partial charge in [0, 0.05) is 25.3 Å². The smallest absolute Gasteiger partial charge is 0.243 e. The molecule has 1 N–H and O–H groups in total. The van der Waals surface area contributed by atoms with Crippen molar-refractivity contribution in [3.63, 3.8) is 0 Å². The van der Waals surface area contributed by atoms with Crippen LogP contribution < -0.4 is 5.32 Å². The molecule has 2 amide bonds. The third-order valence-electron chi connectivity index (χ3n) is 5.83. The van der Waals surface area contributed by atoms with Crippen molar-refractivity contribution in [3.05, 3.63) is 107 Å². The first-order valence-corrected chi connectivity index (χ1v) is 13.1. The molecule has 0 bridgehead atoms. The number of aryl methyl sites for hydroxylation is 1. The van der Waals surface area contributed by atoms with E-state index in [1.165, 1.54) is 23.9 Å². The van der Waals surface area contributed by atoms with Gasteiger partial charge in [0.05, 0.1) is 5.75 Å². The maximum atomic E-state index is 13.6. The second-order valence-corrected chi connectivity index (χ2v) is 9.55. The highest BCUT2D eigenvalue weighted by molar-refractivity contribution is 7.99. The predicted octanol–water partition coefficient (Wildman–Crippen LogP) is 5.53. The summed E-state index contributed by atoms with van der Waals surface area (Å²) < 4.78 is 13.2. The van der Waals surface area contributed by atoms with Crippen LogP contribution in [-0.2, 0) is 28.3 Å². The number of nitrogens with zero attached hydrogens (tertiary/aromatic N) is 1. The van der Waals surface area contributed by atoms with Crippen molar-refractivity contribution in [2.24, 2.45) is 0 Å². The summed E-state index contributed by atoms with van der Waals surface area (Å²) >= 11 is 1.47. The summed E-state index contributed by atoms with van der Waals surface area (Å²) in [5.41, 5.74) is 4.06. The summed E-state index contributed by atoms with van der Waals surface area (Å²) in [7, 11) is 0. The lowest BCUT2D eigenvalue weighted by Gasteiger charge is -2.32. The van der Waals surface area contributed by atoms with Gasteiger partial charge >= 0.3 is 0 Å². The van der Waals surface area contributed by atoms with Crippen LogP contribution in [0.25, 0.3) is 0 Å². The van der Waals surface area contributed by atoms with Crippen molar-refractivity contribution in [1.82, 2.24) is 10.2 Å². The number of hydrogen-bond donors (Lipinski definition) is 1. The second kappa shape index (κ2) is 13.7. The molecule has 6 heteroatoms. The van der Waals surface area contributed by atoms with Gasteiger partial charge in [0.25, 0.3) is 0 Å². The Morgan fingerprint density at radius 3 is 2.31 bits per heavy atom. The summed E-state index contributed by atoms with van der Waals surface area (Å²) in [5, 5.41) is 3.00. The van der Waals surface area contributed by atoms with Crippen LogP contribution >= 0.6 is 11.8 Å². The lowest BCUT2D eigenvalue weighted by molar-refractivity contribution is -0.139. The molecule has 4 nitrogen and oxygen atoms in total. The van der Waals surface area contributed by atoms with E-state index in [4.69, 9.17) is 0 Å². The molecular weight excluding hydrogens is 459 g/mol. The van der Waals surface area contributed by atoms with E-state index < -0.39 is 6.04 Å². The number of carbonyl (C=O) groups excluding carboxylic acids is 2. The van der Waals surface area contributed by atoms with E-state index in [1.54, 1.807) is 17.0 Å². The number of nitrogens with one attached hydrogen (secondary N) is 1. The number of halogens is 1. The van der Waals surface area contributed by atoms with Gasteiger partial charge in [0.2, 0.25) is 11.8 Å². The van der Waals surface area contributed by atoms with E-state index in [1.807, 2.05) is 68.4 Å². The number of carbonyl (C=O) groups is 2. The average molecular weight is 493 g/mol. The number of benzene rings is 3. The van der Waals surface area contributed by atoms with E-state index in [2.05, 4.69) is 5.32 Å².